The first-order valence-corrected chi connectivity index (χ1v) is 7.33. The van der Waals surface area contributed by atoms with Crippen LogP contribution in [0.1, 0.15) is 28.9 Å². The van der Waals surface area contributed by atoms with E-state index in [0.717, 1.165) is 12.1 Å². The molecule has 0 radical (unpaired) electrons. The molecule has 2 rings (SSSR count). The Hall–Kier alpha value is -2.63. The number of amides is 1. The lowest BCUT2D eigenvalue weighted by Crippen LogP contribution is -2.30. The first kappa shape index (κ1) is 17.7. The third kappa shape index (κ3) is 3.48. The molecule has 0 spiro atoms. The Morgan fingerprint density at radius 2 is 1.75 bits per heavy atom. The van der Waals surface area contributed by atoms with E-state index in [1.165, 1.54) is 25.2 Å². The number of carbonyl (C=O) groups is 1. The quantitative estimate of drug-likeness (QED) is 0.834. The minimum Gasteiger partial charge on any atom is -0.497 e. The molecular formula is C18H19F2NO3. The van der Waals surface area contributed by atoms with E-state index >= 15 is 0 Å². The van der Waals surface area contributed by atoms with Gasteiger partial charge in [-0.15, -0.1) is 0 Å². The molecule has 1 atom stereocenters. The van der Waals surface area contributed by atoms with Crippen molar-refractivity contribution < 1.29 is 23.0 Å². The normalized spacial score (nSPS) is 11.8. The summed E-state index contributed by atoms with van der Waals surface area (Å²) < 4.78 is 36.9. The molecule has 128 valence electrons. The smallest absolute Gasteiger partial charge is 0.258 e. The topological polar surface area (TPSA) is 38.8 Å². The highest BCUT2D eigenvalue weighted by Crippen LogP contribution is 2.28. The van der Waals surface area contributed by atoms with E-state index in [0.29, 0.717) is 22.6 Å². The van der Waals surface area contributed by atoms with Gasteiger partial charge in [-0.3, -0.25) is 4.79 Å². The zero-order chi connectivity index (χ0) is 17.9. The molecule has 0 N–H and O–H groups in total. The van der Waals surface area contributed by atoms with Gasteiger partial charge in [0.2, 0.25) is 0 Å². The summed E-state index contributed by atoms with van der Waals surface area (Å²) in [6.07, 6.45) is 0. The predicted molar refractivity (Wildman–Crippen MR) is 86.4 cm³/mol. The summed E-state index contributed by atoms with van der Waals surface area (Å²) in [5.74, 6) is -1.25. The third-order valence-corrected chi connectivity index (χ3v) is 3.96. The van der Waals surface area contributed by atoms with Crippen molar-refractivity contribution in [2.24, 2.45) is 0 Å². The highest BCUT2D eigenvalue weighted by molar-refractivity contribution is 5.97. The van der Waals surface area contributed by atoms with Crippen LogP contribution in [0.4, 0.5) is 8.78 Å². The van der Waals surface area contributed by atoms with Gasteiger partial charge in [-0.1, -0.05) is 6.07 Å². The Balaban J connectivity index is 2.33. The number of ether oxygens (including phenoxy) is 2. The minimum atomic E-state index is -0.945. The number of hydrogen-bond donors (Lipinski definition) is 0. The van der Waals surface area contributed by atoms with Crippen LogP contribution in [0, 0.1) is 11.6 Å². The number of carbonyl (C=O) groups excluding carboxylic acids is 1. The lowest BCUT2D eigenvalue weighted by atomic mass is 10.1. The Morgan fingerprint density at radius 3 is 2.33 bits per heavy atom. The fraction of sp³-hybridized carbons (Fsp3) is 0.278. The van der Waals surface area contributed by atoms with Crippen molar-refractivity contribution in [2.75, 3.05) is 21.3 Å². The van der Waals surface area contributed by atoms with Crippen LogP contribution in [0.5, 0.6) is 11.5 Å². The molecule has 1 unspecified atom stereocenters. The average Bonchev–Trinajstić information content (AvgIpc) is 2.61. The van der Waals surface area contributed by atoms with E-state index in [9.17, 15) is 13.6 Å². The van der Waals surface area contributed by atoms with Crippen LogP contribution in [0.2, 0.25) is 0 Å². The molecule has 24 heavy (non-hydrogen) atoms. The Bertz CT molecular complexity index is 749. The van der Waals surface area contributed by atoms with Gasteiger partial charge in [0.1, 0.15) is 11.5 Å². The van der Waals surface area contributed by atoms with Gasteiger partial charge in [-0.2, -0.15) is 0 Å². The average molecular weight is 335 g/mol. The van der Waals surface area contributed by atoms with Gasteiger partial charge < -0.3 is 14.4 Å². The highest BCUT2D eigenvalue weighted by Gasteiger charge is 2.23. The van der Waals surface area contributed by atoms with E-state index < -0.39 is 17.7 Å². The van der Waals surface area contributed by atoms with Crippen molar-refractivity contribution in [1.82, 2.24) is 4.90 Å². The number of rotatable bonds is 5. The minimum absolute atomic E-state index is 0.317. The van der Waals surface area contributed by atoms with Gasteiger partial charge in [0, 0.05) is 7.05 Å². The molecule has 0 fully saturated rings. The van der Waals surface area contributed by atoms with E-state index in [-0.39, 0.29) is 5.91 Å². The van der Waals surface area contributed by atoms with Gasteiger partial charge in [0.25, 0.3) is 5.91 Å². The fourth-order valence-corrected chi connectivity index (χ4v) is 2.34. The summed E-state index contributed by atoms with van der Waals surface area (Å²) in [6.45, 7) is 1.73. The number of halogens is 2. The zero-order valence-corrected chi connectivity index (χ0v) is 14.0. The molecule has 0 aliphatic rings. The van der Waals surface area contributed by atoms with E-state index in [4.69, 9.17) is 9.47 Å². The molecule has 0 saturated carbocycles. The van der Waals surface area contributed by atoms with Crippen molar-refractivity contribution in [3.63, 3.8) is 0 Å². The van der Waals surface area contributed by atoms with Gasteiger partial charge in [0.15, 0.2) is 11.6 Å². The number of methoxy groups -OCH3 is 2. The number of hydrogen-bond acceptors (Lipinski definition) is 3. The number of benzene rings is 2. The molecule has 0 aliphatic carbocycles. The van der Waals surface area contributed by atoms with Gasteiger partial charge in [-0.25, -0.2) is 8.78 Å². The van der Waals surface area contributed by atoms with E-state index in [1.807, 2.05) is 0 Å². The second kappa shape index (κ2) is 7.29. The maximum absolute atomic E-state index is 13.4. The fourth-order valence-electron chi connectivity index (χ4n) is 2.34. The first-order chi connectivity index (χ1) is 11.4. The number of nitrogens with zero attached hydrogens (tertiary/aromatic N) is 1. The molecule has 6 heteroatoms. The molecular weight excluding hydrogens is 316 g/mol. The molecule has 0 bridgehead atoms. The maximum Gasteiger partial charge on any atom is 0.258 e. The Labute approximate surface area is 139 Å². The summed E-state index contributed by atoms with van der Waals surface area (Å²) in [5, 5.41) is 0. The molecule has 2 aromatic carbocycles. The Kier molecular flexibility index (Phi) is 5.39. The molecule has 4 nitrogen and oxygen atoms in total. The van der Waals surface area contributed by atoms with Crippen LogP contribution in [0.25, 0.3) is 0 Å². The molecule has 1 amide bonds. The standard InChI is InChI=1S/C18H19F2NO3/c1-11(12-5-7-15(19)16(20)9-12)21(2)18(22)14-10-13(23-3)6-8-17(14)24-4/h5-11H,1-4H3. The second-order valence-corrected chi connectivity index (χ2v) is 5.33. The van der Waals surface area contributed by atoms with Crippen molar-refractivity contribution >= 4 is 5.91 Å². The van der Waals surface area contributed by atoms with Crippen molar-refractivity contribution in [3.8, 4) is 11.5 Å². The largest absolute Gasteiger partial charge is 0.497 e. The maximum atomic E-state index is 13.4. The second-order valence-electron chi connectivity index (χ2n) is 5.33. The van der Waals surface area contributed by atoms with Crippen LogP contribution >= 0.6 is 0 Å². The lowest BCUT2D eigenvalue weighted by Gasteiger charge is -2.26. The summed E-state index contributed by atoms with van der Waals surface area (Å²) in [4.78, 5) is 14.2. The van der Waals surface area contributed by atoms with Crippen LogP contribution < -0.4 is 9.47 Å². The third-order valence-electron chi connectivity index (χ3n) is 3.96. The zero-order valence-electron chi connectivity index (χ0n) is 14.0. The summed E-state index contributed by atoms with van der Waals surface area (Å²) in [6, 6.07) is 8.04. The van der Waals surface area contributed by atoms with E-state index in [1.54, 1.807) is 32.2 Å². The molecule has 0 heterocycles. The van der Waals surface area contributed by atoms with Gasteiger partial charge in [0.05, 0.1) is 25.8 Å². The van der Waals surface area contributed by atoms with Crippen molar-refractivity contribution in [3.05, 3.63) is 59.2 Å². The Morgan fingerprint density at radius 1 is 1.04 bits per heavy atom. The van der Waals surface area contributed by atoms with Crippen LogP contribution in [-0.4, -0.2) is 32.1 Å². The first-order valence-electron chi connectivity index (χ1n) is 7.33. The van der Waals surface area contributed by atoms with Crippen LogP contribution in [-0.2, 0) is 0 Å². The summed E-state index contributed by atoms with van der Waals surface area (Å²) in [7, 11) is 4.56. The molecule has 0 aliphatic heterocycles. The van der Waals surface area contributed by atoms with Gasteiger partial charge >= 0.3 is 0 Å². The highest BCUT2D eigenvalue weighted by atomic mass is 19.2. The van der Waals surface area contributed by atoms with Crippen molar-refractivity contribution in [1.29, 1.82) is 0 Å². The predicted octanol–water partition coefficient (Wildman–Crippen LogP) is 3.82. The molecule has 2 aromatic rings. The lowest BCUT2D eigenvalue weighted by molar-refractivity contribution is 0.0738. The molecule has 0 saturated heterocycles. The SMILES string of the molecule is COc1ccc(OC)c(C(=O)N(C)C(C)c2ccc(F)c(F)c2)c1. The monoisotopic (exact) mass is 335 g/mol. The summed E-state index contributed by atoms with van der Waals surface area (Å²) in [5.41, 5.74) is 0.820. The van der Waals surface area contributed by atoms with Gasteiger partial charge in [-0.05, 0) is 42.8 Å². The molecule has 0 aromatic heterocycles. The van der Waals surface area contributed by atoms with Crippen LogP contribution in [0.3, 0.4) is 0 Å². The van der Waals surface area contributed by atoms with Crippen molar-refractivity contribution in [2.45, 2.75) is 13.0 Å². The van der Waals surface area contributed by atoms with Crippen LogP contribution in [0.15, 0.2) is 36.4 Å². The summed E-state index contributed by atoms with van der Waals surface area (Å²) >= 11 is 0. The van der Waals surface area contributed by atoms with E-state index in [2.05, 4.69) is 0 Å².